The highest BCUT2D eigenvalue weighted by Gasteiger charge is 2.29. The summed E-state index contributed by atoms with van der Waals surface area (Å²) in [6, 6.07) is 7.76. The standard InChI is InChI=1S/C18H20N6O2/c1-3-16-19-17(26-21-16)15-11-24(22-20-15)14-8-9-23(10-14)18(25)13-6-4-12(2)5-7-13/h4-7,11,14H,3,8-10H2,1-2H3/t14-/m1/s1. The van der Waals surface area contributed by atoms with Gasteiger partial charge >= 0.3 is 0 Å². The zero-order valence-electron chi connectivity index (χ0n) is 14.8. The second-order valence-electron chi connectivity index (χ2n) is 6.51. The summed E-state index contributed by atoms with van der Waals surface area (Å²) in [5.74, 6) is 1.07. The molecule has 0 spiro atoms. The van der Waals surface area contributed by atoms with E-state index in [0.717, 1.165) is 12.0 Å². The third kappa shape index (κ3) is 3.10. The molecule has 1 saturated heterocycles. The molecule has 8 heteroatoms. The maximum absolute atomic E-state index is 12.6. The lowest BCUT2D eigenvalue weighted by atomic mass is 10.1. The van der Waals surface area contributed by atoms with E-state index in [0.29, 0.717) is 42.5 Å². The lowest BCUT2D eigenvalue weighted by Gasteiger charge is -2.16. The molecule has 4 rings (SSSR count). The number of amides is 1. The van der Waals surface area contributed by atoms with Crippen LogP contribution in [0, 0.1) is 6.92 Å². The number of carbonyl (C=O) groups excluding carboxylic acids is 1. The molecule has 0 radical (unpaired) electrons. The molecule has 1 amide bonds. The smallest absolute Gasteiger partial charge is 0.280 e. The van der Waals surface area contributed by atoms with Gasteiger partial charge in [0.25, 0.3) is 11.8 Å². The first kappa shape index (κ1) is 16.4. The lowest BCUT2D eigenvalue weighted by Crippen LogP contribution is -2.29. The van der Waals surface area contributed by atoms with E-state index in [4.69, 9.17) is 4.52 Å². The maximum Gasteiger partial charge on any atom is 0.280 e. The van der Waals surface area contributed by atoms with Crippen LogP contribution in [0.2, 0.25) is 0 Å². The van der Waals surface area contributed by atoms with Crippen molar-refractivity contribution in [3.8, 4) is 11.6 Å². The van der Waals surface area contributed by atoms with Crippen LogP contribution in [0.15, 0.2) is 35.0 Å². The van der Waals surface area contributed by atoms with Gasteiger partial charge in [-0.1, -0.05) is 35.0 Å². The fourth-order valence-corrected chi connectivity index (χ4v) is 3.08. The van der Waals surface area contributed by atoms with Gasteiger partial charge in [-0.3, -0.25) is 4.79 Å². The Hall–Kier alpha value is -3.03. The molecule has 3 heterocycles. The fraction of sp³-hybridized carbons (Fsp3) is 0.389. The molecule has 8 nitrogen and oxygen atoms in total. The Morgan fingerprint density at radius 3 is 2.85 bits per heavy atom. The molecule has 0 saturated carbocycles. The van der Waals surface area contributed by atoms with Crippen molar-refractivity contribution in [3.63, 3.8) is 0 Å². The summed E-state index contributed by atoms with van der Waals surface area (Å²) in [6.45, 7) is 5.28. The Morgan fingerprint density at radius 2 is 2.12 bits per heavy atom. The van der Waals surface area contributed by atoms with Crippen molar-refractivity contribution in [1.29, 1.82) is 0 Å². The molecule has 1 aliphatic heterocycles. The van der Waals surface area contributed by atoms with Crippen LogP contribution in [0.5, 0.6) is 0 Å². The Morgan fingerprint density at radius 1 is 1.31 bits per heavy atom. The van der Waals surface area contributed by atoms with Gasteiger partial charge in [-0.2, -0.15) is 4.98 Å². The van der Waals surface area contributed by atoms with E-state index in [-0.39, 0.29) is 11.9 Å². The second kappa shape index (κ2) is 6.70. The number of benzene rings is 1. The van der Waals surface area contributed by atoms with Crippen LogP contribution in [-0.2, 0) is 6.42 Å². The zero-order valence-corrected chi connectivity index (χ0v) is 14.8. The van der Waals surface area contributed by atoms with E-state index in [1.165, 1.54) is 0 Å². The lowest BCUT2D eigenvalue weighted by molar-refractivity contribution is 0.0787. The highest BCUT2D eigenvalue weighted by Crippen LogP contribution is 2.24. The number of nitrogens with zero attached hydrogens (tertiary/aromatic N) is 6. The molecule has 0 aliphatic carbocycles. The van der Waals surface area contributed by atoms with Gasteiger partial charge < -0.3 is 9.42 Å². The van der Waals surface area contributed by atoms with Crippen LogP contribution < -0.4 is 0 Å². The molecule has 2 aromatic heterocycles. The van der Waals surface area contributed by atoms with Crippen molar-refractivity contribution >= 4 is 5.91 Å². The van der Waals surface area contributed by atoms with Crippen molar-refractivity contribution in [3.05, 3.63) is 47.4 Å². The van der Waals surface area contributed by atoms with E-state index in [1.807, 2.05) is 43.0 Å². The Balaban J connectivity index is 1.45. The first-order valence-electron chi connectivity index (χ1n) is 8.74. The van der Waals surface area contributed by atoms with Crippen LogP contribution >= 0.6 is 0 Å². The van der Waals surface area contributed by atoms with E-state index in [9.17, 15) is 4.79 Å². The van der Waals surface area contributed by atoms with Crippen molar-refractivity contribution in [1.82, 2.24) is 30.0 Å². The predicted octanol–water partition coefficient (Wildman–Crippen LogP) is 2.29. The summed E-state index contributed by atoms with van der Waals surface area (Å²) in [5.41, 5.74) is 2.41. The second-order valence-corrected chi connectivity index (χ2v) is 6.51. The monoisotopic (exact) mass is 352 g/mol. The van der Waals surface area contributed by atoms with Crippen LogP contribution in [0.1, 0.15) is 41.1 Å². The molecule has 0 unspecified atom stereocenters. The molecule has 1 fully saturated rings. The Labute approximate surface area is 150 Å². The summed E-state index contributed by atoms with van der Waals surface area (Å²) in [6.07, 6.45) is 3.35. The summed E-state index contributed by atoms with van der Waals surface area (Å²) < 4.78 is 6.99. The summed E-state index contributed by atoms with van der Waals surface area (Å²) in [4.78, 5) is 18.8. The van der Waals surface area contributed by atoms with Crippen molar-refractivity contribution in [2.24, 2.45) is 0 Å². The molecule has 1 aliphatic rings. The number of likely N-dealkylation sites (tertiary alicyclic amines) is 1. The third-order valence-corrected chi connectivity index (χ3v) is 4.64. The quantitative estimate of drug-likeness (QED) is 0.715. The van der Waals surface area contributed by atoms with Gasteiger partial charge in [-0.05, 0) is 25.5 Å². The number of hydrogen-bond acceptors (Lipinski definition) is 6. The van der Waals surface area contributed by atoms with Gasteiger partial charge in [0.15, 0.2) is 11.5 Å². The molecule has 0 N–H and O–H groups in total. The van der Waals surface area contributed by atoms with E-state index < -0.39 is 0 Å². The number of rotatable bonds is 4. The average molecular weight is 352 g/mol. The summed E-state index contributed by atoms with van der Waals surface area (Å²) in [7, 11) is 0. The van der Waals surface area contributed by atoms with Crippen molar-refractivity contribution < 1.29 is 9.32 Å². The van der Waals surface area contributed by atoms with E-state index in [2.05, 4.69) is 20.5 Å². The first-order valence-corrected chi connectivity index (χ1v) is 8.74. The number of aromatic nitrogens is 5. The summed E-state index contributed by atoms with van der Waals surface area (Å²) >= 11 is 0. The topological polar surface area (TPSA) is 89.9 Å². The number of carbonyl (C=O) groups is 1. The number of aryl methyl sites for hydroxylation is 2. The van der Waals surface area contributed by atoms with Gasteiger partial charge in [0.05, 0.1) is 12.2 Å². The zero-order chi connectivity index (χ0) is 18.1. The normalized spacial score (nSPS) is 17.0. The molecule has 3 aromatic rings. The minimum Gasteiger partial charge on any atom is -0.336 e. The Bertz CT molecular complexity index is 914. The maximum atomic E-state index is 12.6. The van der Waals surface area contributed by atoms with Gasteiger partial charge in [0.1, 0.15) is 0 Å². The van der Waals surface area contributed by atoms with Crippen LogP contribution in [0.4, 0.5) is 0 Å². The molecule has 1 atom stereocenters. The van der Waals surface area contributed by atoms with Crippen molar-refractivity contribution in [2.45, 2.75) is 32.7 Å². The number of hydrogen-bond donors (Lipinski definition) is 0. The highest BCUT2D eigenvalue weighted by atomic mass is 16.5. The van der Waals surface area contributed by atoms with Gasteiger partial charge in [-0.25, -0.2) is 4.68 Å². The minimum atomic E-state index is 0.0531. The fourth-order valence-electron chi connectivity index (χ4n) is 3.08. The predicted molar refractivity (Wildman–Crippen MR) is 93.4 cm³/mol. The molecule has 26 heavy (non-hydrogen) atoms. The molecular weight excluding hydrogens is 332 g/mol. The van der Waals surface area contributed by atoms with Crippen LogP contribution in [0.25, 0.3) is 11.6 Å². The van der Waals surface area contributed by atoms with E-state index in [1.54, 1.807) is 10.9 Å². The highest BCUT2D eigenvalue weighted by molar-refractivity contribution is 5.94. The third-order valence-electron chi connectivity index (χ3n) is 4.64. The molecule has 0 bridgehead atoms. The Kier molecular flexibility index (Phi) is 4.24. The molecule has 1 aromatic carbocycles. The van der Waals surface area contributed by atoms with Crippen molar-refractivity contribution in [2.75, 3.05) is 13.1 Å². The minimum absolute atomic E-state index is 0.0531. The van der Waals surface area contributed by atoms with Crippen LogP contribution in [0.3, 0.4) is 0 Å². The van der Waals surface area contributed by atoms with Gasteiger partial charge in [-0.15, -0.1) is 5.10 Å². The molecule has 134 valence electrons. The van der Waals surface area contributed by atoms with Crippen LogP contribution in [-0.4, -0.2) is 49.0 Å². The largest absolute Gasteiger partial charge is 0.336 e. The molecular formula is C18H20N6O2. The summed E-state index contributed by atoms with van der Waals surface area (Å²) in [5, 5.41) is 12.2. The van der Waals surface area contributed by atoms with Gasteiger partial charge in [0.2, 0.25) is 0 Å². The van der Waals surface area contributed by atoms with Gasteiger partial charge in [0, 0.05) is 25.1 Å². The van der Waals surface area contributed by atoms with E-state index >= 15 is 0 Å². The average Bonchev–Trinajstić information content (AvgIpc) is 3.40. The SMILES string of the molecule is CCc1noc(-c2cn([C@@H]3CCN(C(=O)c4ccc(C)cc4)C3)nn2)n1. The first-order chi connectivity index (χ1) is 12.6.